The molecule has 1 aromatic carbocycles. The van der Waals surface area contributed by atoms with Crippen molar-refractivity contribution in [2.75, 3.05) is 26.2 Å². The molecule has 2 fully saturated rings. The lowest BCUT2D eigenvalue weighted by Gasteiger charge is -2.31. The lowest BCUT2D eigenvalue weighted by molar-refractivity contribution is -0.133. The van der Waals surface area contributed by atoms with Gasteiger partial charge in [0, 0.05) is 25.7 Å². The van der Waals surface area contributed by atoms with E-state index in [1.54, 1.807) is 0 Å². The van der Waals surface area contributed by atoms with Gasteiger partial charge in [-0.25, -0.2) is 0 Å². The maximum Gasteiger partial charge on any atom is 0.230 e. The number of aryl methyl sites for hydroxylation is 1. The Balaban J connectivity index is 1.54. The average molecular weight is 298 g/mol. The minimum absolute atomic E-state index is 0.109. The molecule has 1 aliphatic carbocycles. The number of hydrogen-bond acceptors (Lipinski definition) is 2. The van der Waals surface area contributed by atoms with Crippen molar-refractivity contribution in [3.05, 3.63) is 35.4 Å². The smallest absolute Gasteiger partial charge is 0.230 e. The van der Waals surface area contributed by atoms with Crippen molar-refractivity contribution in [1.82, 2.24) is 9.80 Å². The summed E-state index contributed by atoms with van der Waals surface area (Å²) in [5.74, 6) is 0.499. The highest BCUT2D eigenvalue weighted by Gasteiger charge is 2.34. The number of benzene rings is 1. The van der Waals surface area contributed by atoms with Crippen molar-refractivity contribution in [1.29, 1.82) is 0 Å². The van der Waals surface area contributed by atoms with Crippen LogP contribution < -0.4 is 0 Å². The van der Waals surface area contributed by atoms with Crippen LogP contribution in [0.25, 0.3) is 0 Å². The highest BCUT2D eigenvalue weighted by molar-refractivity contribution is 5.84. The summed E-state index contributed by atoms with van der Waals surface area (Å²) in [6, 6.07) is 9.19. The van der Waals surface area contributed by atoms with Crippen molar-refractivity contribution in [3.63, 3.8) is 0 Å². The predicted octanol–water partition coefficient (Wildman–Crippen LogP) is 2.80. The van der Waals surface area contributed by atoms with Crippen LogP contribution in [0.3, 0.4) is 0 Å². The second kappa shape index (κ2) is 6.04. The van der Waals surface area contributed by atoms with E-state index in [2.05, 4.69) is 34.1 Å². The molecule has 0 bridgehead atoms. The average Bonchev–Trinajstić information content (AvgIpc) is 2.90. The van der Waals surface area contributed by atoms with Gasteiger partial charge < -0.3 is 4.90 Å². The van der Waals surface area contributed by atoms with Gasteiger partial charge in [0.15, 0.2) is 0 Å². The maximum absolute atomic E-state index is 13.2. The molecular weight excluding hydrogens is 272 g/mol. The zero-order valence-corrected chi connectivity index (χ0v) is 13.3. The molecule has 3 heteroatoms. The molecule has 3 nitrogen and oxygen atoms in total. The Bertz CT molecular complexity index is 556. The molecule has 22 heavy (non-hydrogen) atoms. The van der Waals surface area contributed by atoms with E-state index in [1.165, 1.54) is 37.1 Å². The van der Waals surface area contributed by atoms with Crippen LogP contribution in [0.1, 0.15) is 49.1 Å². The molecule has 2 heterocycles. The number of carbonyl (C=O) groups excluding carboxylic acids is 1. The molecule has 2 saturated heterocycles. The lowest BCUT2D eigenvalue weighted by Crippen LogP contribution is -2.42. The van der Waals surface area contributed by atoms with Crippen LogP contribution in [0.5, 0.6) is 0 Å². The molecule has 2 atom stereocenters. The first kappa shape index (κ1) is 14.3. The van der Waals surface area contributed by atoms with Gasteiger partial charge in [0.05, 0.1) is 5.92 Å². The number of carbonyl (C=O) groups is 1. The molecule has 0 spiro atoms. The van der Waals surface area contributed by atoms with Crippen LogP contribution in [-0.2, 0) is 11.2 Å². The van der Waals surface area contributed by atoms with E-state index in [0.717, 1.165) is 38.8 Å². The van der Waals surface area contributed by atoms with Gasteiger partial charge in [-0.1, -0.05) is 24.3 Å². The Morgan fingerprint density at radius 3 is 2.82 bits per heavy atom. The van der Waals surface area contributed by atoms with E-state index in [-0.39, 0.29) is 5.92 Å². The molecule has 0 saturated carbocycles. The zero-order chi connectivity index (χ0) is 14.9. The molecule has 1 amide bonds. The van der Waals surface area contributed by atoms with Crippen LogP contribution >= 0.6 is 0 Å². The van der Waals surface area contributed by atoms with Gasteiger partial charge in [-0.2, -0.15) is 0 Å². The normalized spacial score (nSPS) is 28.8. The fourth-order valence-electron chi connectivity index (χ4n) is 4.64. The van der Waals surface area contributed by atoms with Gasteiger partial charge in [0.1, 0.15) is 0 Å². The molecule has 2 aliphatic heterocycles. The fraction of sp³-hybridized carbons (Fsp3) is 0.632. The summed E-state index contributed by atoms with van der Waals surface area (Å²) in [4.78, 5) is 17.9. The summed E-state index contributed by atoms with van der Waals surface area (Å²) in [5.41, 5.74) is 2.69. The molecular formula is C19H26N2O. The largest absolute Gasteiger partial charge is 0.341 e. The maximum atomic E-state index is 13.2. The van der Waals surface area contributed by atoms with Gasteiger partial charge in [0.2, 0.25) is 5.91 Å². The molecule has 0 N–H and O–H groups in total. The number of fused-ring (bicyclic) bond motifs is 2. The summed E-state index contributed by atoms with van der Waals surface area (Å²) in [5, 5.41) is 0. The third-order valence-electron chi connectivity index (χ3n) is 5.78. The third kappa shape index (κ3) is 2.56. The minimum atomic E-state index is 0.109. The quantitative estimate of drug-likeness (QED) is 0.796. The first-order valence-electron chi connectivity index (χ1n) is 8.93. The summed E-state index contributed by atoms with van der Waals surface area (Å²) < 4.78 is 0. The Labute approximate surface area is 133 Å². The molecule has 0 unspecified atom stereocenters. The number of amides is 1. The third-order valence-corrected chi connectivity index (χ3v) is 5.78. The van der Waals surface area contributed by atoms with Crippen molar-refractivity contribution < 1.29 is 4.79 Å². The highest BCUT2D eigenvalue weighted by Crippen LogP contribution is 2.33. The topological polar surface area (TPSA) is 23.6 Å². The van der Waals surface area contributed by atoms with E-state index in [0.29, 0.717) is 11.9 Å². The first-order valence-corrected chi connectivity index (χ1v) is 8.93. The highest BCUT2D eigenvalue weighted by atomic mass is 16.2. The molecule has 1 aromatic rings. The molecule has 0 aromatic heterocycles. The predicted molar refractivity (Wildman–Crippen MR) is 87.9 cm³/mol. The van der Waals surface area contributed by atoms with E-state index in [9.17, 15) is 4.79 Å². The van der Waals surface area contributed by atoms with Crippen LogP contribution in [0.2, 0.25) is 0 Å². The summed E-state index contributed by atoms with van der Waals surface area (Å²) >= 11 is 0. The fourth-order valence-corrected chi connectivity index (χ4v) is 4.64. The number of hydrogen-bond donors (Lipinski definition) is 0. The summed E-state index contributed by atoms with van der Waals surface area (Å²) in [6.45, 7) is 4.32. The zero-order valence-electron chi connectivity index (χ0n) is 13.3. The molecule has 0 radical (unpaired) electrons. The summed E-state index contributed by atoms with van der Waals surface area (Å²) in [6.07, 6.45) is 7.02. The van der Waals surface area contributed by atoms with Gasteiger partial charge in [-0.15, -0.1) is 0 Å². The minimum Gasteiger partial charge on any atom is -0.341 e. The molecule has 4 rings (SSSR count). The van der Waals surface area contributed by atoms with Crippen molar-refractivity contribution >= 4 is 5.91 Å². The van der Waals surface area contributed by atoms with Crippen LogP contribution in [0, 0.1) is 0 Å². The van der Waals surface area contributed by atoms with Gasteiger partial charge >= 0.3 is 0 Å². The molecule has 118 valence electrons. The monoisotopic (exact) mass is 298 g/mol. The van der Waals surface area contributed by atoms with Crippen LogP contribution in [0.15, 0.2) is 24.3 Å². The number of rotatable bonds is 1. The van der Waals surface area contributed by atoms with Gasteiger partial charge in [-0.3, -0.25) is 9.69 Å². The Hall–Kier alpha value is -1.35. The van der Waals surface area contributed by atoms with Gasteiger partial charge in [-0.05, 0) is 56.2 Å². The van der Waals surface area contributed by atoms with Crippen LogP contribution in [0.4, 0.5) is 0 Å². The first-order chi connectivity index (χ1) is 10.8. The Morgan fingerprint density at radius 1 is 1.00 bits per heavy atom. The lowest BCUT2D eigenvalue weighted by atomic mass is 9.82. The Kier molecular flexibility index (Phi) is 3.91. The summed E-state index contributed by atoms with van der Waals surface area (Å²) in [7, 11) is 0. The van der Waals surface area contributed by atoms with E-state index in [4.69, 9.17) is 0 Å². The molecule has 3 aliphatic rings. The van der Waals surface area contributed by atoms with E-state index in [1.807, 2.05) is 0 Å². The SMILES string of the molecule is O=C([C@H]1CCCc2ccccc21)N1CCCN2CCC[C@H]2C1. The van der Waals surface area contributed by atoms with Crippen molar-refractivity contribution in [2.24, 2.45) is 0 Å². The Morgan fingerprint density at radius 2 is 1.86 bits per heavy atom. The van der Waals surface area contributed by atoms with Gasteiger partial charge in [0.25, 0.3) is 0 Å². The van der Waals surface area contributed by atoms with Crippen molar-refractivity contribution in [3.8, 4) is 0 Å². The van der Waals surface area contributed by atoms with E-state index < -0.39 is 0 Å². The standard InChI is InChI=1S/C19H26N2O/c22-19(18-10-3-7-15-6-1-2-9-17(15)18)21-13-5-12-20-11-4-8-16(20)14-21/h1-2,6,9,16,18H,3-5,7-8,10-14H2/t16-,18-/m0/s1. The number of nitrogens with zero attached hydrogens (tertiary/aromatic N) is 2. The second-order valence-electron chi connectivity index (χ2n) is 7.11. The van der Waals surface area contributed by atoms with E-state index >= 15 is 0 Å². The van der Waals surface area contributed by atoms with Crippen molar-refractivity contribution in [2.45, 2.75) is 50.5 Å². The second-order valence-corrected chi connectivity index (χ2v) is 7.11. The van der Waals surface area contributed by atoms with Crippen LogP contribution in [-0.4, -0.2) is 47.9 Å².